The van der Waals surface area contributed by atoms with E-state index >= 15 is 0 Å². The van der Waals surface area contributed by atoms with Crippen molar-refractivity contribution in [3.8, 4) is 0 Å². The predicted octanol–water partition coefficient (Wildman–Crippen LogP) is 4.69. The van der Waals surface area contributed by atoms with E-state index < -0.39 is 5.79 Å². The summed E-state index contributed by atoms with van der Waals surface area (Å²) in [5.74, 6) is 3.21. The minimum absolute atomic E-state index is 0.608. The molecule has 0 aliphatic carbocycles. The maximum atomic E-state index is 5.38. The van der Waals surface area contributed by atoms with Crippen LogP contribution in [0.2, 0.25) is 0 Å². The molecule has 4 aliphatic rings. The van der Waals surface area contributed by atoms with Gasteiger partial charge in [0.25, 0.3) is 17.5 Å². The zero-order valence-electron chi connectivity index (χ0n) is 19.3. The summed E-state index contributed by atoms with van der Waals surface area (Å²) < 4.78 is 6.97. The zero-order chi connectivity index (χ0) is 23.3. The van der Waals surface area contributed by atoms with Crippen molar-refractivity contribution in [1.82, 2.24) is 9.13 Å². The molecular weight excluding hydrogens is 444 g/mol. The van der Waals surface area contributed by atoms with Crippen LogP contribution in [-0.2, 0) is 5.79 Å². The van der Waals surface area contributed by atoms with E-state index in [4.69, 9.17) is 15.0 Å². The van der Waals surface area contributed by atoms with Crippen LogP contribution in [0.15, 0.2) is 99.9 Å². The Morgan fingerprint density at radius 3 is 2.14 bits per heavy atom. The minimum Gasteiger partial charge on any atom is -0.240 e. The van der Waals surface area contributed by atoms with Crippen molar-refractivity contribution >= 4 is 55.6 Å². The quantitative estimate of drug-likeness (QED) is 0.295. The van der Waals surface area contributed by atoms with Gasteiger partial charge >= 0.3 is 0 Å². The highest BCUT2D eigenvalue weighted by Gasteiger charge is 2.56. The maximum absolute atomic E-state index is 5.38. The van der Waals surface area contributed by atoms with Gasteiger partial charge in [-0.2, -0.15) is 4.58 Å². The first kappa shape index (κ1) is 17.6. The molecule has 36 heavy (non-hydrogen) atoms. The van der Waals surface area contributed by atoms with E-state index in [0.717, 1.165) is 67.0 Å². The van der Waals surface area contributed by atoms with Crippen LogP contribution >= 0.6 is 0 Å². The summed E-state index contributed by atoms with van der Waals surface area (Å²) in [6.07, 6.45) is 0. The molecule has 0 saturated heterocycles. The Hall–Kier alpha value is -4.84. The second-order valence-electron chi connectivity index (χ2n) is 10.1. The van der Waals surface area contributed by atoms with Crippen LogP contribution in [0, 0.1) is 0 Å². The van der Waals surface area contributed by atoms with E-state index in [2.05, 4.69) is 106 Å². The fraction of sp³-hybridized carbons (Fsp3) is 0.0667. The highest BCUT2D eigenvalue weighted by atomic mass is 15.6. The van der Waals surface area contributed by atoms with Gasteiger partial charge in [0.1, 0.15) is 5.49 Å². The Bertz CT molecular complexity index is 2280. The molecule has 166 valence electrons. The molecular formula is C30H17N6+. The number of aromatic nitrogens is 2. The molecule has 0 amide bonds. The summed E-state index contributed by atoms with van der Waals surface area (Å²) in [7, 11) is 0. The second kappa shape index (κ2) is 5.36. The average molecular weight is 462 g/mol. The number of amidine groups is 2. The number of rotatable bonds is 0. The lowest BCUT2D eigenvalue weighted by Gasteiger charge is -2.38. The van der Waals surface area contributed by atoms with Crippen LogP contribution in [0.5, 0.6) is 0 Å². The molecule has 0 bridgehead atoms. The van der Waals surface area contributed by atoms with E-state index in [1.165, 1.54) is 10.8 Å². The maximum Gasteiger partial charge on any atom is 0.277 e. The van der Waals surface area contributed by atoms with Crippen LogP contribution in [0.1, 0.15) is 18.1 Å². The molecule has 0 spiro atoms. The highest BCUT2D eigenvalue weighted by Crippen LogP contribution is 2.50. The van der Waals surface area contributed by atoms with E-state index in [-0.39, 0.29) is 0 Å². The smallest absolute Gasteiger partial charge is 0.240 e. The third kappa shape index (κ3) is 1.63. The average Bonchev–Trinajstić information content (AvgIpc) is 3.54. The lowest BCUT2D eigenvalue weighted by atomic mass is 10.0. The van der Waals surface area contributed by atoms with Crippen molar-refractivity contribution in [1.29, 1.82) is 0 Å². The van der Waals surface area contributed by atoms with Gasteiger partial charge in [-0.05, 0) is 35.0 Å². The summed E-state index contributed by atoms with van der Waals surface area (Å²) in [6.45, 7) is 2.29. The number of benzene rings is 4. The Balaban J connectivity index is 1.56. The monoisotopic (exact) mass is 461 g/mol. The second-order valence-corrected chi connectivity index (χ2v) is 10.1. The first-order chi connectivity index (χ1) is 17.7. The molecule has 6 heterocycles. The fourth-order valence-electron chi connectivity index (χ4n) is 6.92. The molecule has 6 heteroatoms. The van der Waals surface area contributed by atoms with E-state index in [1.807, 2.05) is 0 Å². The number of nitrogens with zero attached hydrogens (tertiary/aromatic N) is 6. The highest BCUT2D eigenvalue weighted by molar-refractivity contribution is 6.20. The van der Waals surface area contributed by atoms with E-state index in [9.17, 15) is 0 Å². The molecule has 4 aromatic carbocycles. The first-order valence-corrected chi connectivity index (χ1v) is 12.2. The third-order valence-electron chi connectivity index (χ3n) is 8.39. The Labute approximate surface area is 204 Å². The van der Waals surface area contributed by atoms with Crippen LogP contribution < -0.4 is 11.0 Å². The normalized spacial score (nSPS) is 19.9. The van der Waals surface area contributed by atoms with Crippen molar-refractivity contribution in [3.05, 3.63) is 107 Å². The first-order valence-electron chi connectivity index (χ1n) is 12.2. The van der Waals surface area contributed by atoms with Gasteiger partial charge in [0.2, 0.25) is 11.3 Å². The van der Waals surface area contributed by atoms with Crippen LogP contribution in [-0.4, -0.2) is 25.4 Å². The fourth-order valence-corrected chi connectivity index (χ4v) is 6.92. The van der Waals surface area contributed by atoms with Gasteiger partial charge in [-0.3, -0.25) is 0 Å². The zero-order valence-corrected chi connectivity index (χ0v) is 19.3. The molecule has 0 saturated carbocycles. The van der Waals surface area contributed by atoms with Crippen molar-refractivity contribution in [2.45, 2.75) is 12.7 Å². The molecule has 0 radical (unpaired) electrons. The van der Waals surface area contributed by atoms with E-state index in [1.54, 1.807) is 0 Å². The predicted molar refractivity (Wildman–Crippen MR) is 139 cm³/mol. The lowest BCUT2D eigenvalue weighted by molar-refractivity contribution is -0.550. The Morgan fingerprint density at radius 1 is 0.611 bits per heavy atom. The minimum atomic E-state index is -0.608. The summed E-state index contributed by atoms with van der Waals surface area (Å²) in [6, 6.07) is 30.0. The van der Waals surface area contributed by atoms with Crippen molar-refractivity contribution in [2.75, 3.05) is 0 Å². The summed E-state index contributed by atoms with van der Waals surface area (Å²) >= 11 is 0. The molecule has 10 rings (SSSR count). The van der Waals surface area contributed by atoms with Crippen molar-refractivity contribution < 1.29 is 4.58 Å². The van der Waals surface area contributed by atoms with Crippen molar-refractivity contribution in [2.24, 2.45) is 15.0 Å². The number of fused-ring (bicyclic) bond motifs is 11. The van der Waals surface area contributed by atoms with Crippen LogP contribution in [0.3, 0.4) is 0 Å². The molecule has 4 aliphatic heterocycles. The number of hydrogen-bond donors (Lipinski definition) is 0. The van der Waals surface area contributed by atoms with Gasteiger partial charge in [0.05, 0.1) is 11.1 Å². The SMILES string of the molecule is C[C@@]12n3c4c5ccc6ccccc6c5c3N=c3c5ccccc5c(n31)=NC1=[N+]2C(=N4)c2ccccc21. The Morgan fingerprint density at radius 2 is 1.31 bits per heavy atom. The topological polar surface area (TPSA) is 49.9 Å². The van der Waals surface area contributed by atoms with Gasteiger partial charge in [-0.25, -0.2) is 14.1 Å². The van der Waals surface area contributed by atoms with Gasteiger partial charge in [-0.1, -0.05) is 70.6 Å². The molecule has 6 nitrogen and oxygen atoms in total. The lowest BCUT2D eigenvalue weighted by Crippen LogP contribution is -2.62. The van der Waals surface area contributed by atoms with Gasteiger partial charge in [-0.15, -0.1) is 0 Å². The van der Waals surface area contributed by atoms with Crippen LogP contribution in [0.4, 0.5) is 11.6 Å². The molecule has 1 atom stereocenters. The van der Waals surface area contributed by atoms with Gasteiger partial charge < -0.3 is 0 Å². The number of aliphatic imine (C=N–C) groups is 1. The molecule has 0 fully saturated rings. The Kier molecular flexibility index (Phi) is 2.62. The van der Waals surface area contributed by atoms with E-state index in [0.29, 0.717) is 0 Å². The standard InChI is InChI=1S/C30H17N6/c1-30-34-24-18-10-4-5-11-19(18)26(34)32-28-22-15-14-16-8-2-3-9-17(16)23(22)29(36(28)30)33-27-21-13-7-6-12-20(21)25(31-24)35(27)30/h2-15H,1H3/q+1/t30-/m0/s1. The van der Waals surface area contributed by atoms with Gasteiger partial charge in [0, 0.05) is 28.5 Å². The van der Waals surface area contributed by atoms with Gasteiger partial charge in [0.15, 0.2) is 5.82 Å². The number of hydrogen-bond acceptors (Lipinski definition) is 3. The molecule has 0 unspecified atom stereocenters. The molecule has 6 aromatic rings. The third-order valence-corrected chi connectivity index (χ3v) is 8.39. The molecule has 0 N–H and O–H groups in total. The summed E-state index contributed by atoms with van der Waals surface area (Å²) in [5, 5.41) is 6.95. The molecule has 2 aromatic heterocycles. The van der Waals surface area contributed by atoms with Crippen LogP contribution in [0.25, 0.3) is 32.3 Å². The van der Waals surface area contributed by atoms with Crippen molar-refractivity contribution in [3.63, 3.8) is 0 Å². The largest absolute Gasteiger partial charge is 0.277 e. The summed E-state index contributed by atoms with van der Waals surface area (Å²) in [5.41, 5.74) is 4.16. The summed E-state index contributed by atoms with van der Waals surface area (Å²) in [4.78, 5) is 16.0.